The van der Waals surface area contributed by atoms with Crippen LogP contribution in [-0.4, -0.2) is 39.9 Å². The van der Waals surface area contributed by atoms with Gasteiger partial charge in [0.1, 0.15) is 0 Å². The highest BCUT2D eigenvalue weighted by Gasteiger charge is 2.11. The van der Waals surface area contributed by atoms with Crippen molar-refractivity contribution in [1.29, 1.82) is 0 Å². The number of pyridine rings is 1. The summed E-state index contributed by atoms with van der Waals surface area (Å²) in [5, 5.41) is 9.87. The molecule has 8 nitrogen and oxygen atoms in total. The zero-order chi connectivity index (χ0) is 19.1. The van der Waals surface area contributed by atoms with Crippen LogP contribution in [0, 0.1) is 13.8 Å². The Morgan fingerprint density at radius 3 is 2.69 bits per heavy atom. The second-order valence-corrected chi connectivity index (χ2v) is 5.89. The van der Waals surface area contributed by atoms with Gasteiger partial charge in [0.25, 0.3) is 5.91 Å². The van der Waals surface area contributed by atoms with Gasteiger partial charge in [0.2, 0.25) is 0 Å². The molecule has 2 rings (SSSR count). The van der Waals surface area contributed by atoms with Gasteiger partial charge in [-0.25, -0.2) is 4.79 Å². The molecule has 0 saturated heterocycles. The van der Waals surface area contributed by atoms with E-state index in [1.165, 1.54) is 0 Å². The molecular formula is C18H25N5O3. The van der Waals surface area contributed by atoms with Crippen LogP contribution >= 0.6 is 0 Å². The van der Waals surface area contributed by atoms with Gasteiger partial charge in [0.05, 0.1) is 24.5 Å². The van der Waals surface area contributed by atoms with Gasteiger partial charge < -0.3 is 15.4 Å². The van der Waals surface area contributed by atoms with Crippen molar-refractivity contribution >= 4 is 12.0 Å². The Bertz CT molecular complexity index is 785. The summed E-state index contributed by atoms with van der Waals surface area (Å²) in [6.07, 6.45) is 1.76. The van der Waals surface area contributed by atoms with Crippen LogP contribution in [0.1, 0.15) is 39.9 Å². The lowest BCUT2D eigenvalue weighted by Crippen LogP contribution is -2.27. The van der Waals surface area contributed by atoms with Gasteiger partial charge in [0.15, 0.2) is 0 Å². The molecule has 0 spiro atoms. The lowest BCUT2D eigenvalue weighted by molar-refractivity contribution is 0.0954. The predicted molar refractivity (Wildman–Crippen MR) is 96.8 cm³/mol. The van der Waals surface area contributed by atoms with Gasteiger partial charge in [-0.2, -0.15) is 5.10 Å². The van der Waals surface area contributed by atoms with Crippen LogP contribution in [0.2, 0.25) is 0 Å². The standard InChI is InChI=1S/C18H25N5O3/c1-5-26-18(25)21-11-15-10-14(6-8-19-15)17(24)20-9-7-16-12(2)22-23(4)13(16)3/h6,8,10H,5,7,9,11H2,1-4H3,(H,20,24)(H,21,25). The fourth-order valence-electron chi connectivity index (χ4n) is 2.64. The highest BCUT2D eigenvalue weighted by Crippen LogP contribution is 2.12. The van der Waals surface area contributed by atoms with Crippen molar-refractivity contribution in [2.24, 2.45) is 7.05 Å². The molecule has 0 unspecified atom stereocenters. The molecule has 0 bridgehead atoms. The molecule has 0 aliphatic heterocycles. The fourth-order valence-corrected chi connectivity index (χ4v) is 2.64. The molecule has 2 aromatic rings. The number of rotatable bonds is 7. The molecule has 0 fully saturated rings. The molecule has 140 valence electrons. The summed E-state index contributed by atoms with van der Waals surface area (Å²) < 4.78 is 6.64. The quantitative estimate of drug-likeness (QED) is 0.783. The number of hydrogen-bond acceptors (Lipinski definition) is 5. The second-order valence-electron chi connectivity index (χ2n) is 5.89. The first-order chi connectivity index (χ1) is 12.4. The Kier molecular flexibility index (Phi) is 6.71. The van der Waals surface area contributed by atoms with Crippen LogP contribution in [0.5, 0.6) is 0 Å². The molecule has 0 saturated carbocycles. The summed E-state index contributed by atoms with van der Waals surface area (Å²) in [6, 6.07) is 3.30. The molecule has 0 aliphatic rings. The summed E-state index contributed by atoms with van der Waals surface area (Å²) in [6.45, 7) is 6.74. The maximum Gasteiger partial charge on any atom is 0.407 e. The molecule has 2 amide bonds. The number of nitrogens with one attached hydrogen (secondary N) is 2. The van der Waals surface area contributed by atoms with Gasteiger partial charge in [-0.3, -0.25) is 14.5 Å². The van der Waals surface area contributed by atoms with Gasteiger partial charge >= 0.3 is 6.09 Å². The first-order valence-corrected chi connectivity index (χ1v) is 8.55. The monoisotopic (exact) mass is 359 g/mol. The first kappa shape index (κ1) is 19.4. The third kappa shape index (κ3) is 5.05. The Hall–Kier alpha value is -2.90. The maximum absolute atomic E-state index is 12.3. The number of aromatic nitrogens is 3. The zero-order valence-corrected chi connectivity index (χ0v) is 15.6. The van der Waals surface area contributed by atoms with Crippen LogP contribution in [0.25, 0.3) is 0 Å². The average Bonchev–Trinajstić information content (AvgIpc) is 2.86. The van der Waals surface area contributed by atoms with E-state index in [2.05, 4.69) is 20.7 Å². The number of alkyl carbamates (subject to hydrolysis) is 1. The minimum absolute atomic E-state index is 0.177. The average molecular weight is 359 g/mol. The van der Waals surface area contributed by atoms with Crippen molar-refractivity contribution < 1.29 is 14.3 Å². The van der Waals surface area contributed by atoms with E-state index in [0.29, 0.717) is 24.4 Å². The van der Waals surface area contributed by atoms with Crippen LogP contribution in [0.15, 0.2) is 18.3 Å². The van der Waals surface area contributed by atoms with Gasteiger partial charge in [-0.1, -0.05) is 0 Å². The van der Waals surface area contributed by atoms with Crippen molar-refractivity contribution in [1.82, 2.24) is 25.4 Å². The number of carbonyl (C=O) groups excluding carboxylic acids is 2. The number of nitrogens with zero attached hydrogens (tertiary/aromatic N) is 3. The van der Waals surface area contributed by atoms with Gasteiger partial charge in [-0.15, -0.1) is 0 Å². The maximum atomic E-state index is 12.3. The minimum Gasteiger partial charge on any atom is -0.450 e. The highest BCUT2D eigenvalue weighted by atomic mass is 16.5. The normalized spacial score (nSPS) is 10.5. The molecule has 8 heteroatoms. The Morgan fingerprint density at radius 1 is 1.27 bits per heavy atom. The third-order valence-corrected chi connectivity index (χ3v) is 4.09. The minimum atomic E-state index is -0.508. The van der Waals surface area contributed by atoms with Crippen molar-refractivity contribution in [3.63, 3.8) is 0 Å². The van der Waals surface area contributed by atoms with E-state index in [9.17, 15) is 9.59 Å². The molecule has 2 aromatic heterocycles. The molecule has 0 aromatic carbocycles. The SMILES string of the molecule is CCOC(=O)NCc1cc(C(=O)NCCc2c(C)nn(C)c2C)ccn1. The number of aryl methyl sites for hydroxylation is 2. The van der Waals surface area contributed by atoms with Crippen molar-refractivity contribution in [3.8, 4) is 0 Å². The summed E-state index contributed by atoms with van der Waals surface area (Å²) in [5.74, 6) is -0.177. The summed E-state index contributed by atoms with van der Waals surface area (Å²) in [4.78, 5) is 27.8. The van der Waals surface area contributed by atoms with Gasteiger partial charge in [-0.05, 0) is 44.9 Å². The van der Waals surface area contributed by atoms with Crippen LogP contribution in [0.4, 0.5) is 4.79 Å². The van der Waals surface area contributed by atoms with E-state index in [1.54, 1.807) is 25.3 Å². The molecule has 0 radical (unpaired) electrons. The lowest BCUT2D eigenvalue weighted by Gasteiger charge is -2.08. The Morgan fingerprint density at radius 2 is 2.04 bits per heavy atom. The number of hydrogen-bond donors (Lipinski definition) is 2. The van der Waals surface area contributed by atoms with Crippen molar-refractivity contribution in [2.75, 3.05) is 13.2 Å². The largest absolute Gasteiger partial charge is 0.450 e. The summed E-state index contributed by atoms with van der Waals surface area (Å²) >= 11 is 0. The van der Waals surface area contributed by atoms with E-state index in [4.69, 9.17) is 4.74 Å². The van der Waals surface area contributed by atoms with Crippen molar-refractivity contribution in [3.05, 3.63) is 46.5 Å². The van der Waals surface area contributed by atoms with E-state index >= 15 is 0 Å². The van der Waals surface area contributed by atoms with Crippen molar-refractivity contribution in [2.45, 2.75) is 33.7 Å². The number of carbonyl (C=O) groups is 2. The summed E-state index contributed by atoms with van der Waals surface area (Å²) in [5.41, 5.74) is 4.33. The molecule has 0 aliphatic carbocycles. The van der Waals surface area contributed by atoms with Gasteiger partial charge in [0, 0.05) is 31.0 Å². The van der Waals surface area contributed by atoms with E-state index in [0.717, 1.165) is 23.4 Å². The van der Waals surface area contributed by atoms with E-state index in [-0.39, 0.29) is 12.5 Å². The summed E-state index contributed by atoms with van der Waals surface area (Å²) in [7, 11) is 1.91. The predicted octanol–water partition coefficient (Wildman–Crippen LogP) is 1.65. The smallest absolute Gasteiger partial charge is 0.407 e. The van der Waals surface area contributed by atoms with E-state index < -0.39 is 6.09 Å². The fraction of sp³-hybridized carbons (Fsp3) is 0.444. The molecule has 2 heterocycles. The lowest BCUT2D eigenvalue weighted by atomic mass is 10.1. The molecule has 0 atom stereocenters. The zero-order valence-electron chi connectivity index (χ0n) is 15.6. The number of amides is 2. The Labute approximate surface area is 153 Å². The number of ether oxygens (including phenoxy) is 1. The third-order valence-electron chi connectivity index (χ3n) is 4.09. The topological polar surface area (TPSA) is 98.1 Å². The van der Waals surface area contributed by atoms with Crippen LogP contribution in [0.3, 0.4) is 0 Å². The first-order valence-electron chi connectivity index (χ1n) is 8.55. The van der Waals surface area contributed by atoms with Crippen LogP contribution < -0.4 is 10.6 Å². The second kappa shape index (κ2) is 8.98. The molecule has 2 N–H and O–H groups in total. The van der Waals surface area contributed by atoms with E-state index in [1.807, 2.05) is 25.6 Å². The molecular weight excluding hydrogens is 334 g/mol. The highest BCUT2D eigenvalue weighted by molar-refractivity contribution is 5.94. The van der Waals surface area contributed by atoms with Crippen LogP contribution in [-0.2, 0) is 24.8 Å². The molecule has 26 heavy (non-hydrogen) atoms. The Balaban J connectivity index is 1.89.